The number of aliphatic carboxylic acids is 1. The molecule has 0 radical (unpaired) electrons. The Kier molecular flexibility index (Phi) is 23.6. The van der Waals surface area contributed by atoms with Gasteiger partial charge in [0.2, 0.25) is 5.69 Å². The molecule has 2 aliphatic heterocycles. The Balaban J connectivity index is 0.00000494. The molecule has 0 saturated heterocycles. The van der Waals surface area contributed by atoms with E-state index in [-0.39, 0.29) is 152 Å². The summed E-state index contributed by atoms with van der Waals surface area (Å²) in [7, 11) is -19.0. The Morgan fingerprint density at radius 2 is 1.32 bits per heavy atom. The van der Waals surface area contributed by atoms with Gasteiger partial charge >= 0.3 is 94.6 Å². The fourth-order valence-corrected chi connectivity index (χ4v) is 11.6. The zero-order valence-electron chi connectivity index (χ0n) is 42.6. The number of anilines is 1. The van der Waals surface area contributed by atoms with Crippen LogP contribution < -0.4 is 98.3 Å². The second-order valence-electron chi connectivity index (χ2n) is 18.7. The number of halogens is 3. The third kappa shape index (κ3) is 16.2. The second-order valence-corrected chi connectivity index (χ2v) is 24.5. The van der Waals surface area contributed by atoms with Gasteiger partial charge in [-0.25, -0.2) is 46.8 Å². The van der Waals surface area contributed by atoms with Crippen LogP contribution in [-0.4, -0.2) is 104 Å². The number of carboxylic acid groups (broad SMARTS) is 1. The van der Waals surface area contributed by atoms with E-state index in [4.69, 9.17) is 9.84 Å². The summed E-state index contributed by atoms with van der Waals surface area (Å²) in [4.78, 5) is 11.9. The number of hydrogen-bond donors (Lipinski definition) is 1. The van der Waals surface area contributed by atoms with Gasteiger partial charge in [0.15, 0.2) is 23.1 Å². The summed E-state index contributed by atoms with van der Waals surface area (Å²) in [5.41, 5.74) is 0.390. The first-order chi connectivity index (χ1) is 33.3. The summed E-state index contributed by atoms with van der Waals surface area (Å²) in [6, 6.07) is 7.99. The zero-order valence-corrected chi connectivity index (χ0v) is 51.8. The van der Waals surface area contributed by atoms with Crippen LogP contribution in [0, 0.1) is 17.5 Å². The average molecular weight is 1150 g/mol. The molecular weight excluding hydrogens is 1100 g/mol. The molecule has 3 aromatic rings. The number of carbonyl (C=O) groups is 1. The molecule has 75 heavy (non-hydrogen) atoms. The molecule has 0 fully saturated rings. The molecule has 1 aliphatic carbocycles. The van der Waals surface area contributed by atoms with Gasteiger partial charge in [0.25, 0.3) is 0 Å². The molecule has 0 saturated carbocycles. The number of nitrogens with zero attached hydrogens (tertiary/aromatic N) is 2. The molecule has 392 valence electrons. The Morgan fingerprint density at radius 1 is 0.733 bits per heavy atom. The molecule has 0 aromatic heterocycles. The van der Waals surface area contributed by atoms with E-state index in [1.165, 1.54) is 24.3 Å². The number of carboxylic acids is 1. The summed E-state index contributed by atoms with van der Waals surface area (Å²) < 4.78 is 198. The third-order valence-electron chi connectivity index (χ3n) is 12.9. The van der Waals surface area contributed by atoms with Crippen LogP contribution in [0.25, 0.3) is 5.57 Å². The van der Waals surface area contributed by atoms with Crippen molar-refractivity contribution in [3.63, 3.8) is 0 Å². The van der Waals surface area contributed by atoms with Crippen molar-refractivity contribution in [2.24, 2.45) is 0 Å². The summed E-state index contributed by atoms with van der Waals surface area (Å²) in [6.45, 7) is 6.69. The Bertz CT molecular complexity index is 3330. The van der Waals surface area contributed by atoms with Crippen molar-refractivity contribution in [2.45, 2.75) is 106 Å². The molecule has 27 heteroatoms. The minimum atomic E-state index is -4.93. The van der Waals surface area contributed by atoms with Gasteiger partial charge in [0, 0.05) is 71.5 Å². The van der Waals surface area contributed by atoms with Crippen LogP contribution in [0.5, 0.6) is 5.75 Å². The summed E-state index contributed by atoms with van der Waals surface area (Å²) >= 11 is 0. The number of rotatable bonds is 21. The smallest absolute Gasteiger partial charge is 0.748 e. The molecule has 0 atom stereocenters. The van der Waals surface area contributed by atoms with Gasteiger partial charge < -0.3 is 33.0 Å². The third-order valence-corrected chi connectivity index (χ3v) is 16.2. The predicted molar refractivity (Wildman–Crippen MR) is 254 cm³/mol. The SMILES string of the molecule is CC1(C)C(/C=C/C2=C(c3c(F)cc(F)c(OCCCC(=O)O)c3F)C(=C/C=C3\N(CCCCS(=O)(=O)[O-])c4ccc(S(=O)(=O)[O-])cc4C3(C)C)/CCC2)=[N+](CCCCS(=O)(=O)[O-])c2ccc(S(=O)(=O)[O-])cc21.[Na+].[Na+].[Na+]. The average Bonchev–Trinajstić information content (AvgIpc) is 3.60. The van der Waals surface area contributed by atoms with Crippen LogP contribution in [0.1, 0.15) is 102 Å². The number of allylic oxidation sites excluding steroid dienone is 8. The number of fused-ring (bicyclic) bond motifs is 2. The Hall–Kier alpha value is -2.21. The van der Waals surface area contributed by atoms with E-state index >= 15 is 13.2 Å². The van der Waals surface area contributed by atoms with Gasteiger partial charge in [-0.05, 0) is 117 Å². The van der Waals surface area contributed by atoms with E-state index in [1.807, 2.05) is 0 Å². The molecule has 0 spiro atoms. The first kappa shape index (κ1) is 67.1. The minimum Gasteiger partial charge on any atom is -0.748 e. The number of benzene rings is 3. The first-order valence-corrected chi connectivity index (χ1v) is 28.7. The van der Waals surface area contributed by atoms with Crippen LogP contribution >= 0.6 is 0 Å². The van der Waals surface area contributed by atoms with E-state index in [2.05, 4.69) is 0 Å². The van der Waals surface area contributed by atoms with Crippen molar-refractivity contribution in [1.29, 1.82) is 0 Å². The molecule has 17 nitrogen and oxygen atoms in total. The summed E-state index contributed by atoms with van der Waals surface area (Å²) in [6.07, 6.45) is 6.81. The molecule has 2 heterocycles. The Labute approximate surface area is 502 Å². The largest absolute Gasteiger partial charge is 1.00 e. The maximum absolute atomic E-state index is 17.0. The molecule has 0 amide bonds. The number of hydrogen-bond acceptors (Lipinski definition) is 15. The van der Waals surface area contributed by atoms with Crippen molar-refractivity contribution in [2.75, 3.05) is 36.1 Å². The standard InChI is InChI=1S/C48H55F3N2O15S4.3Na/c1-47(2)34-27-32(71(62,63)64)16-18-38(34)52(22-5-7-25-69(56,57)58)40(47)20-14-30-11-9-12-31(43(30)44-36(49)29-37(50)46(45(44)51)68-24-10-13-42(54)55)15-21-41-48(3,4)35-28-33(72(65,66)67)17-19-39(35)53(41)23-6-8-26-70(59,60)61;;;/h14-21,27-29H,5-13,22-26H2,1-4H3,(H4-,54,55,56,57,58,59,60,61,62,63,64,65,66,67);;;/q;3*+1/p-3. The number of unbranched alkanes of at least 4 members (excludes halogenated alkanes) is 2. The normalized spacial score (nSPS) is 17.5. The van der Waals surface area contributed by atoms with Crippen molar-refractivity contribution in [3.05, 3.63) is 118 Å². The molecule has 6 rings (SSSR count). The van der Waals surface area contributed by atoms with Crippen LogP contribution in [0.4, 0.5) is 24.5 Å². The molecule has 1 N–H and O–H groups in total. The monoisotopic (exact) mass is 1150 g/mol. The van der Waals surface area contributed by atoms with Crippen molar-refractivity contribution in [3.8, 4) is 5.75 Å². The number of ether oxygens (including phenoxy) is 1. The molecule has 0 bridgehead atoms. The van der Waals surface area contributed by atoms with E-state index in [1.54, 1.807) is 61.5 Å². The quantitative estimate of drug-likeness (QED) is 0.0523. The molecule has 3 aromatic carbocycles. The van der Waals surface area contributed by atoms with Gasteiger partial charge in [-0.2, -0.15) is 4.58 Å². The summed E-state index contributed by atoms with van der Waals surface area (Å²) in [5.74, 6) is -7.67. The first-order valence-electron chi connectivity index (χ1n) is 22.7. The van der Waals surface area contributed by atoms with Gasteiger partial charge in [0.1, 0.15) is 32.6 Å². The van der Waals surface area contributed by atoms with Crippen molar-refractivity contribution < 1.29 is 173 Å². The summed E-state index contributed by atoms with van der Waals surface area (Å²) in [5, 5.41) is 9.12. The fourth-order valence-electron chi connectivity index (χ4n) is 9.47. The van der Waals surface area contributed by atoms with Crippen LogP contribution in [-0.2, 0) is 56.1 Å². The maximum atomic E-state index is 17.0. The van der Waals surface area contributed by atoms with Gasteiger partial charge in [-0.15, -0.1) is 0 Å². The predicted octanol–water partition coefficient (Wildman–Crippen LogP) is -2.00. The van der Waals surface area contributed by atoms with Crippen LogP contribution in [0.2, 0.25) is 0 Å². The minimum absolute atomic E-state index is 0. The Morgan fingerprint density at radius 3 is 1.91 bits per heavy atom. The molecule has 0 unspecified atom stereocenters. The van der Waals surface area contributed by atoms with Crippen LogP contribution in [0.15, 0.2) is 93.4 Å². The second kappa shape index (κ2) is 26.4. The van der Waals surface area contributed by atoms with E-state index in [0.717, 1.165) is 12.1 Å². The molecular formula is C48H52F3N2Na3O15S4. The maximum Gasteiger partial charge on any atom is 1.00 e. The van der Waals surface area contributed by atoms with Crippen molar-refractivity contribution >= 4 is 69.1 Å². The van der Waals surface area contributed by atoms with Gasteiger partial charge in [-0.1, -0.05) is 26.0 Å². The van der Waals surface area contributed by atoms with E-state index in [0.29, 0.717) is 57.5 Å². The fraction of sp³-hybridized carbons (Fsp3) is 0.417. The van der Waals surface area contributed by atoms with Gasteiger partial charge in [-0.3, -0.25) is 4.79 Å². The van der Waals surface area contributed by atoms with Crippen molar-refractivity contribution in [1.82, 2.24) is 0 Å². The van der Waals surface area contributed by atoms with E-state index < -0.39 is 120 Å². The van der Waals surface area contributed by atoms with Crippen LogP contribution in [0.3, 0.4) is 0 Å². The molecule has 3 aliphatic rings. The van der Waals surface area contributed by atoms with Gasteiger partial charge in [0.05, 0.1) is 47.6 Å². The van der Waals surface area contributed by atoms with E-state index in [9.17, 15) is 56.7 Å². The zero-order chi connectivity index (χ0) is 53.4. The topological polar surface area (TPSA) is 282 Å².